The van der Waals surface area contributed by atoms with E-state index < -0.39 is 15.8 Å². The van der Waals surface area contributed by atoms with Crippen LogP contribution in [0.5, 0.6) is 0 Å². The summed E-state index contributed by atoms with van der Waals surface area (Å²) in [6, 6.07) is 40.2. The van der Waals surface area contributed by atoms with Crippen LogP contribution in [0.15, 0.2) is 119 Å². The number of benzene rings is 4. The van der Waals surface area contributed by atoms with E-state index in [1.807, 2.05) is 0 Å². The molecular weight excluding hydrogens is 566 g/mol. The van der Waals surface area contributed by atoms with Crippen LogP contribution in [0.25, 0.3) is 0 Å². The highest BCUT2D eigenvalue weighted by atomic mass is 31.1. The van der Waals surface area contributed by atoms with Gasteiger partial charge in [-0.3, -0.25) is 0 Å². The van der Waals surface area contributed by atoms with Gasteiger partial charge >= 0.3 is 0 Å². The van der Waals surface area contributed by atoms with Crippen molar-refractivity contribution in [3.8, 4) is 0 Å². The van der Waals surface area contributed by atoms with E-state index in [4.69, 9.17) is 19.5 Å². The minimum atomic E-state index is -0.598. The van der Waals surface area contributed by atoms with E-state index in [2.05, 4.69) is 123 Å². The summed E-state index contributed by atoms with van der Waals surface area (Å²) >= 11 is 0. The molecular formula is C37H40N2O2P2. The van der Waals surface area contributed by atoms with Gasteiger partial charge in [0.05, 0.1) is 12.1 Å². The van der Waals surface area contributed by atoms with Crippen LogP contribution in [-0.2, 0) is 9.47 Å². The molecule has 6 rings (SSSR count). The third kappa shape index (κ3) is 6.93. The minimum absolute atomic E-state index is 0.251. The highest BCUT2D eigenvalue weighted by Gasteiger charge is 2.27. The molecule has 0 bridgehead atoms. The van der Waals surface area contributed by atoms with E-state index in [1.165, 1.54) is 21.2 Å². The normalized spacial score (nSPS) is 19.2. The maximum Gasteiger partial charge on any atom is 0.217 e. The Morgan fingerprint density at radius 3 is 1.35 bits per heavy atom. The van der Waals surface area contributed by atoms with Gasteiger partial charge in [-0.25, -0.2) is 9.98 Å². The first-order chi connectivity index (χ1) is 21.2. The van der Waals surface area contributed by atoms with Crippen molar-refractivity contribution in [2.75, 3.05) is 25.5 Å². The predicted octanol–water partition coefficient (Wildman–Crippen LogP) is 6.75. The fraction of sp³-hybridized carbons (Fsp3) is 0.297. The van der Waals surface area contributed by atoms with Gasteiger partial charge in [-0.1, -0.05) is 111 Å². The summed E-state index contributed by atoms with van der Waals surface area (Å²) in [6.07, 6.45) is 5.31. The largest absolute Gasteiger partial charge is 0.475 e. The van der Waals surface area contributed by atoms with E-state index >= 15 is 0 Å². The fourth-order valence-corrected chi connectivity index (χ4v) is 11.0. The van der Waals surface area contributed by atoms with Crippen molar-refractivity contribution in [2.45, 2.75) is 45.2 Å². The maximum absolute atomic E-state index is 6.15. The number of rotatable bonds is 12. The lowest BCUT2D eigenvalue weighted by Crippen LogP contribution is -2.23. The Kier molecular flexibility index (Phi) is 9.98. The van der Waals surface area contributed by atoms with Gasteiger partial charge < -0.3 is 9.47 Å². The van der Waals surface area contributed by atoms with Gasteiger partial charge in [0.1, 0.15) is 13.2 Å². The number of nitrogens with zero attached hydrogens (tertiary/aromatic N) is 2. The molecule has 4 atom stereocenters. The molecule has 0 N–H and O–H groups in total. The molecule has 0 spiro atoms. The van der Waals surface area contributed by atoms with Crippen molar-refractivity contribution in [3.05, 3.63) is 120 Å². The quantitative estimate of drug-likeness (QED) is 0.168. The molecule has 2 aliphatic rings. The van der Waals surface area contributed by atoms with E-state index in [0.717, 1.165) is 54.5 Å². The Balaban J connectivity index is 1.31. The number of hydrogen-bond donors (Lipinski definition) is 0. The van der Waals surface area contributed by atoms with Gasteiger partial charge in [0.25, 0.3) is 0 Å². The van der Waals surface area contributed by atoms with Crippen LogP contribution < -0.4 is 21.2 Å². The molecule has 0 radical (unpaired) electrons. The minimum Gasteiger partial charge on any atom is -0.475 e. The Morgan fingerprint density at radius 2 is 0.953 bits per heavy atom. The summed E-state index contributed by atoms with van der Waals surface area (Å²) < 4.78 is 12.3. The fourth-order valence-electron chi connectivity index (χ4n) is 5.70. The van der Waals surface area contributed by atoms with Gasteiger partial charge in [-0.15, -0.1) is 0 Å². The predicted molar refractivity (Wildman–Crippen MR) is 186 cm³/mol. The monoisotopic (exact) mass is 606 g/mol. The lowest BCUT2D eigenvalue weighted by atomic mass is 10.2. The molecule has 220 valence electrons. The second-order valence-electron chi connectivity index (χ2n) is 11.0. The molecule has 4 aromatic carbocycles. The van der Waals surface area contributed by atoms with Gasteiger partial charge in [-0.2, -0.15) is 0 Å². The Hall–Kier alpha value is -3.32. The van der Waals surface area contributed by atoms with Crippen LogP contribution in [0, 0.1) is 0 Å². The molecule has 0 saturated heterocycles. The first-order valence-corrected chi connectivity index (χ1v) is 18.6. The highest BCUT2D eigenvalue weighted by Crippen LogP contribution is 2.41. The van der Waals surface area contributed by atoms with Gasteiger partial charge in [-0.05, 0) is 80.8 Å². The molecule has 0 saturated carbocycles. The van der Waals surface area contributed by atoms with Gasteiger partial charge in [0.2, 0.25) is 11.8 Å². The molecule has 2 heterocycles. The number of ether oxygens (including phenoxy) is 2. The van der Waals surface area contributed by atoms with Crippen molar-refractivity contribution in [2.24, 2.45) is 9.98 Å². The molecule has 0 fully saturated rings. The maximum atomic E-state index is 6.15. The third-order valence-electron chi connectivity index (χ3n) is 8.12. The molecule has 0 amide bonds. The molecule has 2 aliphatic heterocycles. The SMILES string of the molecule is CC[C@@H]1COC(c2ccccc2P(CCCP(c2ccccc2)c2ccccc2C2=N[C@H](CC)CO2)c2ccccc2)=N1. The van der Waals surface area contributed by atoms with E-state index in [-0.39, 0.29) is 12.1 Å². The third-order valence-corrected chi connectivity index (χ3v) is 13.4. The van der Waals surface area contributed by atoms with Crippen LogP contribution in [0.3, 0.4) is 0 Å². The van der Waals surface area contributed by atoms with Crippen LogP contribution in [-0.4, -0.2) is 49.4 Å². The second-order valence-corrected chi connectivity index (χ2v) is 15.6. The summed E-state index contributed by atoms with van der Waals surface area (Å²) in [5, 5.41) is 5.53. The summed E-state index contributed by atoms with van der Waals surface area (Å²) in [6.45, 7) is 5.72. The van der Waals surface area contributed by atoms with Crippen molar-refractivity contribution in [1.82, 2.24) is 0 Å². The number of hydrogen-bond acceptors (Lipinski definition) is 4. The van der Waals surface area contributed by atoms with Crippen molar-refractivity contribution in [3.63, 3.8) is 0 Å². The lowest BCUT2D eigenvalue weighted by Gasteiger charge is -2.25. The topological polar surface area (TPSA) is 43.2 Å². The summed E-state index contributed by atoms with van der Waals surface area (Å²) in [4.78, 5) is 9.89. The van der Waals surface area contributed by atoms with Crippen molar-refractivity contribution < 1.29 is 9.47 Å². The van der Waals surface area contributed by atoms with Gasteiger partial charge in [0, 0.05) is 11.1 Å². The van der Waals surface area contributed by atoms with E-state index in [1.54, 1.807) is 0 Å². The summed E-state index contributed by atoms with van der Waals surface area (Å²) in [5.74, 6) is 1.63. The molecule has 2 unspecified atom stereocenters. The zero-order chi connectivity index (χ0) is 29.4. The average molecular weight is 607 g/mol. The zero-order valence-corrected chi connectivity index (χ0v) is 26.9. The van der Waals surface area contributed by atoms with Crippen LogP contribution in [0.1, 0.15) is 44.2 Å². The highest BCUT2D eigenvalue weighted by molar-refractivity contribution is 7.74. The lowest BCUT2D eigenvalue weighted by molar-refractivity contribution is 0.315. The summed E-state index contributed by atoms with van der Waals surface area (Å²) in [7, 11) is -1.20. The van der Waals surface area contributed by atoms with Crippen LogP contribution in [0.4, 0.5) is 0 Å². The molecule has 0 aromatic heterocycles. The second kappa shape index (κ2) is 14.4. The first-order valence-electron chi connectivity index (χ1n) is 15.5. The smallest absolute Gasteiger partial charge is 0.217 e. The van der Waals surface area contributed by atoms with Crippen LogP contribution >= 0.6 is 15.8 Å². The first kappa shape index (κ1) is 29.7. The molecule has 43 heavy (non-hydrogen) atoms. The Labute approximate surface area is 258 Å². The molecule has 4 aromatic rings. The molecule has 6 heteroatoms. The van der Waals surface area contributed by atoms with Crippen molar-refractivity contribution >= 4 is 48.9 Å². The number of aliphatic imine (C=N–C) groups is 2. The average Bonchev–Trinajstić information content (AvgIpc) is 3.76. The van der Waals surface area contributed by atoms with Gasteiger partial charge in [0.15, 0.2) is 0 Å². The zero-order valence-electron chi connectivity index (χ0n) is 25.1. The molecule has 4 nitrogen and oxygen atoms in total. The Morgan fingerprint density at radius 1 is 0.558 bits per heavy atom. The summed E-state index contributed by atoms with van der Waals surface area (Å²) in [5.41, 5.74) is 2.32. The molecule has 0 aliphatic carbocycles. The van der Waals surface area contributed by atoms with Crippen molar-refractivity contribution in [1.29, 1.82) is 0 Å². The standard InChI is InChI=1S/C37H40N2O2P2/c1-3-28-26-40-36(38-28)32-20-11-13-22-34(32)42(30-16-7-5-8-17-30)24-15-25-43(31-18-9-6-10-19-31)35-23-14-12-21-33(35)37-39-29(4-2)27-41-37/h5-14,16-23,28-29H,3-4,15,24-27H2,1-2H3/t28-,29-,42?,43?/m1/s1. The van der Waals surface area contributed by atoms with E-state index in [0.29, 0.717) is 13.2 Å². The van der Waals surface area contributed by atoms with E-state index in [9.17, 15) is 0 Å². The van der Waals surface area contributed by atoms with Crippen LogP contribution in [0.2, 0.25) is 0 Å². The Bertz CT molecular complexity index is 1440.